The van der Waals surface area contributed by atoms with Crippen LogP contribution in [-0.4, -0.2) is 39.3 Å². The fourth-order valence-corrected chi connectivity index (χ4v) is 5.12. The molecule has 1 aliphatic carbocycles. The Morgan fingerprint density at radius 2 is 2.00 bits per heavy atom. The van der Waals surface area contributed by atoms with Crippen LogP contribution < -0.4 is 5.32 Å². The Balaban J connectivity index is 1.50. The van der Waals surface area contributed by atoms with Crippen molar-refractivity contribution in [3.8, 4) is 0 Å². The first-order chi connectivity index (χ1) is 13.7. The number of carbonyl (C=O) groups is 1. The molecule has 6 nitrogen and oxygen atoms in total. The van der Waals surface area contributed by atoms with E-state index in [4.69, 9.17) is 4.74 Å². The number of aliphatic hydroxyl groups is 1. The largest absolute Gasteiger partial charge is 0.416 e. The number of hydrogen-bond donors (Lipinski definition) is 2. The highest BCUT2D eigenvalue weighted by atomic mass is 19.4. The Bertz CT molecular complexity index is 1020. The van der Waals surface area contributed by atoms with Crippen LogP contribution in [0.4, 0.5) is 23.4 Å². The van der Waals surface area contributed by atoms with Crippen molar-refractivity contribution < 1.29 is 32.2 Å². The topological polar surface area (TPSA) is 84.3 Å². The summed E-state index contributed by atoms with van der Waals surface area (Å²) in [6.07, 6.45) is -3.95. The molecule has 3 aliphatic rings. The van der Waals surface area contributed by atoms with Crippen molar-refractivity contribution in [2.75, 3.05) is 5.32 Å². The van der Waals surface area contributed by atoms with Crippen molar-refractivity contribution in [3.05, 3.63) is 53.7 Å². The summed E-state index contributed by atoms with van der Waals surface area (Å²) in [5, 5.41) is 12.8. The van der Waals surface area contributed by atoms with Gasteiger partial charge in [-0.1, -0.05) is 0 Å². The molecular weight excluding hydrogens is 394 g/mol. The van der Waals surface area contributed by atoms with E-state index in [1.807, 2.05) is 0 Å². The van der Waals surface area contributed by atoms with Crippen LogP contribution in [0.25, 0.3) is 0 Å². The zero-order valence-electron chi connectivity index (χ0n) is 14.8. The molecule has 0 spiro atoms. The molecule has 2 aliphatic heterocycles. The smallest absolute Gasteiger partial charge is 0.390 e. The monoisotopic (exact) mass is 409 g/mol. The lowest BCUT2D eigenvalue weighted by Gasteiger charge is -2.29. The second-order valence-corrected chi connectivity index (χ2v) is 7.72. The summed E-state index contributed by atoms with van der Waals surface area (Å²) in [6, 6.07) is 4.34. The minimum absolute atomic E-state index is 0.226. The minimum atomic E-state index is -4.57. The standard InChI is InChI=1S/C19H15F4N3O3/c20-13-5-9(1-3-24-13)17-8-18(17,12-7-11(27)15(17)29-12)16(28)26-14-6-10(2-4-25-14)19(21,22)23/h1-6,11-12,15,27H,7-8H2,(H,25,26,28)/t11-,12+,15-,17+,18+/m0/s1. The highest BCUT2D eigenvalue weighted by Crippen LogP contribution is 2.77. The highest BCUT2D eigenvalue weighted by molar-refractivity contribution is 6.00. The SMILES string of the molecule is O=C(Nc1cc(C(F)(F)F)ccn1)[C@]12C[C@@]1(c1ccnc(F)c1)[C@H]1O[C@@H]2C[C@@H]1O. The third-order valence-corrected chi connectivity index (χ3v) is 6.36. The van der Waals surface area contributed by atoms with E-state index >= 15 is 0 Å². The number of aromatic nitrogens is 2. The first-order valence-corrected chi connectivity index (χ1v) is 8.99. The third kappa shape index (κ3) is 2.39. The molecule has 2 aromatic rings. The van der Waals surface area contributed by atoms with Gasteiger partial charge < -0.3 is 15.2 Å². The van der Waals surface area contributed by atoms with Gasteiger partial charge in [-0.05, 0) is 36.2 Å². The van der Waals surface area contributed by atoms with Crippen LogP contribution in [0.15, 0.2) is 36.7 Å². The normalized spacial score (nSPS) is 34.7. The lowest BCUT2D eigenvalue weighted by Crippen LogP contribution is -2.44. The minimum Gasteiger partial charge on any atom is -0.390 e. The second kappa shape index (κ2) is 5.73. The van der Waals surface area contributed by atoms with E-state index in [9.17, 15) is 27.5 Å². The molecular formula is C19H15F4N3O3. The van der Waals surface area contributed by atoms with E-state index in [-0.39, 0.29) is 12.2 Å². The van der Waals surface area contributed by atoms with Gasteiger partial charge in [-0.25, -0.2) is 9.97 Å². The highest BCUT2D eigenvalue weighted by Gasteiger charge is 2.87. The molecule has 10 heteroatoms. The Morgan fingerprint density at radius 1 is 1.24 bits per heavy atom. The van der Waals surface area contributed by atoms with Crippen molar-refractivity contribution >= 4 is 11.7 Å². The van der Waals surface area contributed by atoms with Crippen LogP contribution >= 0.6 is 0 Å². The number of hydrogen-bond acceptors (Lipinski definition) is 5. The summed E-state index contributed by atoms with van der Waals surface area (Å²) in [7, 11) is 0. The Kier molecular flexibility index (Phi) is 3.64. The van der Waals surface area contributed by atoms with E-state index in [1.54, 1.807) is 6.07 Å². The Morgan fingerprint density at radius 3 is 2.72 bits per heavy atom. The summed E-state index contributed by atoms with van der Waals surface area (Å²) in [4.78, 5) is 20.5. The van der Waals surface area contributed by atoms with Gasteiger partial charge >= 0.3 is 6.18 Å². The average molecular weight is 409 g/mol. The van der Waals surface area contributed by atoms with Crippen LogP contribution in [0.3, 0.4) is 0 Å². The first kappa shape index (κ1) is 18.4. The number of amides is 1. The summed E-state index contributed by atoms with van der Waals surface area (Å²) in [5.41, 5.74) is -2.52. The number of halogens is 4. The predicted molar refractivity (Wildman–Crippen MR) is 90.1 cm³/mol. The van der Waals surface area contributed by atoms with Gasteiger partial charge in [0.15, 0.2) is 0 Å². The van der Waals surface area contributed by atoms with Gasteiger partial charge in [-0.15, -0.1) is 0 Å². The van der Waals surface area contributed by atoms with E-state index in [0.29, 0.717) is 12.0 Å². The molecule has 2 aromatic heterocycles. The van der Waals surface area contributed by atoms with Crippen molar-refractivity contribution in [1.82, 2.24) is 9.97 Å². The summed E-state index contributed by atoms with van der Waals surface area (Å²) < 4.78 is 58.4. The van der Waals surface area contributed by atoms with E-state index < -0.39 is 52.7 Å². The fraction of sp³-hybridized carbons (Fsp3) is 0.421. The number of alkyl halides is 3. The maximum Gasteiger partial charge on any atom is 0.416 e. The van der Waals surface area contributed by atoms with Gasteiger partial charge in [0, 0.05) is 24.2 Å². The Hall–Kier alpha value is -2.59. The van der Waals surface area contributed by atoms with E-state index in [2.05, 4.69) is 15.3 Å². The van der Waals surface area contributed by atoms with Gasteiger partial charge in [-0.3, -0.25) is 4.79 Å². The average Bonchev–Trinajstić information content (AvgIpc) is 3.15. The molecule has 1 saturated carbocycles. The lowest BCUT2D eigenvalue weighted by atomic mass is 9.74. The number of carbonyl (C=O) groups excluding carboxylic acids is 1. The van der Waals surface area contributed by atoms with Crippen molar-refractivity contribution in [1.29, 1.82) is 0 Å². The zero-order chi connectivity index (χ0) is 20.6. The van der Waals surface area contributed by atoms with Gasteiger partial charge in [-0.2, -0.15) is 17.6 Å². The van der Waals surface area contributed by atoms with Gasteiger partial charge in [0.1, 0.15) is 5.82 Å². The quantitative estimate of drug-likeness (QED) is 0.601. The molecule has 3 fully saturated rings. The fourth-order valence-electron chi connectivity index (χ4n) is 5.12. The summed E-state index contributed by atoms with van der Waals surface area (Å²) >= 11 is 0. The number of anilines is 1. The predicted octanol–water partition coefficient (Wildman–Crippen LogP) is 2.43. The molecule has 1 amide bonds. The van der Waals surface area contributed by atoms with Crippen LogP contribution in [-0.2, 0) is 21.1 Å². The van der Waals surface area contributed by atoms with E-state index in [0.717, 1.165) is 18.3 Å². The number of pyridine rings is 2. The zero-order valence-corrected chi connectivity index (χ0v) is 14.8. The number of rotatable bonds is 3. The van der Waals surface area contributed by atoms with Gasteiger partial charge in [0.25, 0.3) is 0 Å². The summed E-state index contributed by atoms with van der Waals surface area (Å²) in [6.45, 7) is 0. The molecule has 2 bridgehead atoms. The number of ether oxygens (including phenoxy) is 1. The van der Waals surface area contributed by atoms with Crippen LogP contribution in [0, 0.1) is 11.4 Å². The summed E-state index contributed by atoms with van der Waals surface area (Å²) in [5.74, 6) is -1.51. The number of nitrogens with zero attached hydrogens (tertiary/aromatic N) is 2. The first-order valence-electron chi connectivity index (χ1n) is 8.99. The van der Waals surface area contributed by atoms with Crippen molar-refractivity contribution in [3.63, 3.8) is 0 Å². The molecule has 0 unspecified atom stereocenters. The second-order valence-electron chi connectivity index (χ2n) is 7.72. The van der Waals surface area contributed by atoms with Crippen molar-refractivity contribution in [2.45, 2.75) is 42.7 Å². The number of nitrogens with one attached hydrogen (secondary N) is 1. The molecule has 2 saturated heterocycles. The van der Waals surface area contributed by atoms with Gasteiger partial charge in [0.2, 0.25) is 11.9 Å². The maximum atomic E-state index is 13.7. The maximum absolute atomic E-state index is 13.7. The van der Waals surface area contributed by atoms with Gasteiger partial charge in [0.05, 0.1) is 29.3 Å². The molecule has 152 valence electrons. The van der Waals surface area contributed by atoms with Crippen molar-refractivity contribution in [2.24, 2.45) is 5.41 Å². The third-order valence-electron chi connectivity index (χ3n) is 6.36. The van der Waals surface area contributed by atoms with Crippen LogP contribution in [0.2, 0.25) is 0 Å². The lowest BCUT2D eigenvalue weighted by molar-refractivity contribution is -0.137. The number of fused-ring (bicyclic) bond motifs is 5. The molecule has 0 radical (unpaired) electrons. The Labute approximate surface area is 161 Å². The molecule has 29 heavy (non-hydrogen) atoms. The van der Waals surface area contributed by atoms with Crippen LogP contribution in [0.5, 0.6) is 0 Å². The van der Waals surface area contributed by atoms with Crippen LogP contribution in [0.1, 0.15) is 24.0 Å². The number of aliphatic hydroxyl groups excluding tert-OH is 1. The molecule has 5 rings (SSSR count). The molecule has 0 aromatic carbocycles. The molecule has 2 N–H and O–H groups in total. The molecule has 4 heterocycles. The van der Waals surface area contributed by atoms with E-state index in [1.165, 1.54) is 12.3 Å². The molecule has 5 atom stereocenters.